The molecule has 3 aromatic rings. The van der Waals surface area contributed by atoms with Crippen LogP contribution in [0.5, 0.6) is 5.75 Å². The number of morpholine rings is 1. The normalized spacial score (nSPS) is 18.5. The van der Waals surface area contributed by atoms with Crippen LogP contribution in [0, 0.1) is 0 Å². The minimum Gasteiger partial charge on any atom is -0.497 e. The zero-order valence-electron chi connectivity index (χ0n) is 27.9. The van der Waals surface area contributed by atoms with E-state index in [1.165, 1.54) is 33.0 Å². The lowest BCUT2D eigenvalue weighted by Crippen LogP contribution is -2.50. The molecule has 2 aromatic carbocycles. The fourth-order valence-electron chi connectivity index (χ4n) is 7.07. The Bertz CT molecular complexity index is 1890. The first kappa shape index (κ1) is 33.7. The number of hydrogen-bond acceptors (Lipinski definition) is 7. The average molecular weight is 678 g/mol. The van der Waals surface area contributed by atoms with Crippen molar-refractivity contribution >= 4 is 44.9 Å². The van der Waals surface area contributed by atoms with Crippen molar-refractivity contribution in [3.05, 3.63) is 58.7 Å². The van der Waals surface area contributed by atoms with Crippen LogP contribution in [-0.4, -0.2) is 93.5 Å². The van der Waals surface area contributed by atoms with Crippen molar-refractivity contribution in [2.45, 2.75) is 57.6 Å². The molecule has 13 heteroatoms. The molecule has 3 heterocycles. The van der Waals surface area contributed by atoms with E-state index in [9.17, 15) is 22.8 Å². The molecule has 1 saturated heterocycles. The van der Waals surface area contributed by atoms with Crippen molar-refractivity contribution in [3.8, 4) is 17.0 Å². The molecule has 1 saturated carbocycles. The van der Waals surface area contributed by atoms with Crippen LogP contribution in [-0.2, 0) is 31.1 Å². The lowest BCUT2D eigenvalue weighted by atomic mass is 9.81. The SMILES string of the molecule is COc1ccc2c(c1)C=C(C(=O)N1CCOC(CNC(C)=O)C1)Cn1c-2c(C2CCCCC2)c2ccc(C(=O)NS(=O)(=O)N(C)C)cc21. The summed E-state index contributed by atoms with van der Waals surface area (Å²) in [7, 11) is 0.326. The van der Waals surface area contributed by atoms with Crippen LogP contribution in [0.2, 0.25) is 0 Å². The lowest BCUT2D eigenvalue weighted by molar-refractivity contribution is -0.134. The molecule has 2 N–H and O–H groups in total. The van der Waals surface area contributed by atoms with Gasteiger partial charge in [-0.3, -0.25) is 14.4 Å². The van der Waals surface area contributed by atoms with Crippen LogP contribution in [0.1, 0.15) is 66.4 Å². The molecule has 1 aliphatic carbocycles. The fourth-order valence-corrected chi connectivity index (χ4v) is 7.60. The smallest absolute Gasteiger partial charge is 0.303 e. The van der Waals surface area contributed by atoms with E-state index in [1.807, 2.05) is 30.3 Å². The third-order valence-electron chi connectivity index (χ3n) is 9.53. The number of nitrogens with one attached hydrogen (secondary N) is 2. The van der Waals surface area contributed by atoms with Crippen LogP contribution in [0.15, 0.2) is 42.0 Å². The van der Waals surface area contributed by atoms with Gasteiger partial charge >= 0.3 is 10.2 Å². The number of fused-ring (bicyclic) bond motifs is 5. The number of nitrogens with zero attached hydrogens (tertiary/aromatic N) is 3. The summed E-state index contributed by atoms with van der Waals surface area (Å²) in [4.78, 5) is 40.9. The van der Waals surface area contributed by atoms with E-state index in [1.54, 1.807) is 24.1 Å². The van der Waals surface area contributed by atoms with Crippen LogP contribution < -0.4 is 14.8 Å². The highest BCUT2D eigenvalue weighted by atomic mass is 32.2. The Morgan fingerprint density at radius 3 is 2.54 bits per heavy atom. The van der Waals surface area contributed by atoms with Crippen LogP contribution in [0.25, 0.3) is 28.2 Å². The molecule has 12 nitrogen and oxygen atoms in total. The molecular formula is C35H43N5O7S. The van der Waals surface area contributed by atoms with Crippen molar-refractivity contribution in [1.82, 2.24) is 23.8 Å². The first-order valence-electron chi connectivity index (χ1n) is 16.4. The molecule has 1 aromatic heterocycles. The first-order chi connectivity index (χ1) is 23.0. The molecule has 6 rings (SSSR count). The van der Waals surface area contributed by atoms with Gasteiger partial charge in [0.15, 0.2) is 0 Å². The van der Waals surface area contributed by atoms with Gasteiger partial charge in [0.2, 0.25) is 5.91 Å². The predicted molar refractivity (Wildman–Crippen MR) is 183 cm³/mol. The Hall–Kier alpha value is -4.20. The number of carbonyl (C=O) groups is 3. The van der Waals surface area contributed by atoms with Crippen LogP contribution >= 0.6 is 0 Å². The van der Waals surface area contributed by atoms with Gasteiger partial charge in [-0.15, -0.1) is 0 Å². The number of aromatic nitrogens is 1. The van der Waals surface area contributed by atoms with Crippen molar-refractivity contribution in [2.24, 2.45) is 0 Å². The van der Waals surface area contributed by atoms with E-state index in [-0.39, 0.29) is 35.9 Å². The van der Waals surface area contributed by atoms with E-state index >= 15 is 0 Å². The molecule has 3 amide bonds. The Morgan fingerprint density at radius 1 is 1.06 bits per heavy atom. The summed E-state index contributed by atoms with van der Waals surface area (Å²) in [6.45, 7) is 3.09. The van der Waals surface area contributed by atoms with Gasteiger partial charge in [-0.2, -0.15) is 12.7 Å². The van der Waals surface area contributed by atoms with Gasteiger partial charge in [0.1, 0.15) is 5.75 Å². The maximum Gasteiger partial charge on any atom is 0.303 e. The fraction of sp³-hybridized carbons (Fsp3) is 0.457. The highest BCUT2D eigenvalue weighted by Crippen LogP contribution is 2.47. The van der Waals surface area contributed by atoms with E-state index in [0.29, 0.717) is 37.6 Å². The van der Waals surface area contributed by atoms with E-state index < -0.39 is 16.1 Å². The first-order valence-corrected chi connectivity index (χ1v) is 17.9. The maximum absolute atomic E-state index is 14.3. The second-order valence-corrected chi connectivity index (χ2v) is 14.8. The lowest BCUT2D eigenvalue weighted by Gasteiger charge is -2.33. The second kappa shape index (κ2) is 13.7. The topological polar surface area (TPSA) is 139 Å². The van der Waals surface area contributed by atoms with Crippen LogP contribution in [0.4, 0.5) is 0 Å². The molecule has 256 valence electrons. The van der Waals surface area contributed by atoms with E-state index in [0.717, 1.165) is 57.7 Å². The Kier molecular flexibility index (Phi) is 9.64. The number of hydrogen-bond donors (Lipinski definition) is 2. The van der Waals surface area contributed by atoms with Gasteiger partial charge in [-0.05, 0) is 66.3 Å². The second-order valence-electron chi connectivity index (χ2n) is 12.9. The molecule has 1 unspecified atom stereocenters. The summed E-state index contributed by atoms with van der Waals surface area (Å²) >= 11 is 0. The van der Waals surface area contributed by atoms with Crippen LogP contribution in [0.3, 0.4) is 0 Å². The predicted octanol–water partition coefficient (Wildman–Crippen LogP) is 3.66. The van der Waals surface area contributed by atoms with E-state index in [2.05, 4.69) is 14.6 Å². The summed E-state index contributed by atoms with van der Waals surface area (Å²) in [6, 6.07) is 11.2. The van der Waals surface area contributed by atoms with Crippen molar-refractivity contribution < 1.29 is 32.3 Å². The summed E-state index contributed by atoms with van der Waals surface area (Å²) < 4.78 is 41.7. The standard InChI is InChI=1S/C35H43N5O7S/c1-22(41)36-19-28-21-39(14-15-47-28)35(43)26-16-25-17-27(46-4)11-13-29(25)33-32(23-8-6-5-7-9-23)30-12-10-24(18-31(30)40(33)20-26)34(42)37-48(44,45)38(2)3/h10-13,16-18,23,28H,5-9,14-15,19-21H2,1-4H3,(H,36,41)(H,37,42). The number of rotatable bonds is 8. The quantitative estimate of drug-likeness (QED) is 0.371. The molecule has 0 radical (unpaired) electrons. The summed E-state index contributed by atoms with van der Waals surface area (Å²) in [5, 5.41) is 3.77. The van der Waals surface area contributed by atoms with Gasteiger partial charge in [0, 0.05) is 68.3 Å². The summed E-state index contributed by atoms with van der Waals surface area (Å²) in [5.74, 6) is -0.0767. The van der Waals surface area contributed by atoms with Gasteiger partial charge in [0.25, 0.3) is 11.8 Å². The Labute approximate surface area is 281 Å². The monoisotopic (exact) mass is 677 g/mol. The zero-order valence-corrected chi connectivity index (χ0v) is 28.7. The third-order valence-corrected chi connectivity index (χ3v) is 10.9. The Balaban J connectivity index is 1.49. The van der Waals surface area contributed by atoms with Gasteiger partial charge in [-0.25, -0.2) is 4.72 Å². The molecule has 0 bridgehead atoms. The number of benzene rings is 2. The average Bonchev–Trinajstić information content (AvgIpc) is 3.29. The number of carbonyl (C=O) groups excluding carboxylic acids is 3. The zero-order chi connectivity index (χ0) is 34.2. The minimum atomic E-state index is -4.00. The molecule has 3 aliphatic rings. The number of amides is 3. The number of methoxy groups -OCH3 is 1. The van der Waals surface area contributed by atoms with Crippen molar-refractivity contribution in [1.29, 1.82) is 0 Å². The molecular weight excluding hydrogens is 634 g/mol. The van der Waals surface area contributed by atoms with Crippen molar-refractivity contribution in [2.75, 3.05) is 47.4 Å². The molecule has 0 spiro atoms. The molecule has 2 fully saturated rings. The summed E-state index contributed by atoms with van der Waals surface area (Å²) in [5.41, 5.74) is 5.52. The largest absolute Gasteiger partial charge is 0.497 e. The minimum absolute atomic E-state index is 0.139. The highest BCUT2D eigenvalue weighted by molar-refractivity contribution is 7.87. The molecule has 1 atom stereocenters. The third kappa shape index (κ3) is 6.71. The number of ether oxygens (including phenoxy) is 2. The van der Waals surface area contributed by atoms with Gasteiger partial charge in [0.05, 0.1) is 32.1 Å². The Morgan fingerprint density at radius 2 is 1.83 bits per heavy atom. The summed E-state index contributed by atoms with van der Waals surface area (Å²) in [6.07, 6.45) is 7.09. The van der Waals surface area contributed by atoms with E-state index in [4.69, 9.17) is 9.47 Å². The van der Waals surface area contributed by atoms with Gasteiger partial charge in [-0.1, -0.05) is 25.3 Å². The maximum atomic E-state index is 14.3. The highest BCUT2D eigenvalue weighted by Gasteiger charge is 2.33. The van der Waals surface area contributed by atoms with Gasteiger partial charge < -0.3 is 24.3 Å². The molecule has 48 heavy (non-hydrogen) atoms. The molecule has 2 aliphatic heterocycles. The van der Waals surface area contributed by atoms with Crippen molar-refractivity contribution in [3.63, 3.8) is 0 Å².